The lowest BCUT2D eigenvalue weighted by Gasteiger charge is -2.27. The first kappa shape index (κ1) is 112. The van der Waals surface area contributed by atoms with E-state index in [4.69, 9.17) is 0 Å². The van der Waals surface area contributed by atoms with E-state index in [1.807, 2.05) is 0 Å². The third kappa shape index (κ3) is 30.1. The molecule has 0 aromatic carbocycles. The van der Waals surface area contributed by atoms with E-state index in [1.54, 1.807) is 28.1 Å². The second-order valence-corrected chi connectivity index (χ2v) is 24.4. The van der Waals surface area contributed by atoms with Crippen LogP contribution in [0.5, 0.6) is 0 Å². The molecule has 0 spiro atoms. The van der Waals surface area contributed by atoms with Gasteiger partial charge in [0.05, 0.1) is 49.3 Å². The zero-order valence-electron chi connectivity index (χ0n) is 65.5. The molecule has 0 amide bonds. The van der Waals surface area contributed by atoms with Gasteiger partial charge in [-0.1, -0.05) is 20.8 Å². The van der Waals surface area contributed by atoms with E-state index >= 15 is 0 Å². The Hall–Kier alpha value is -13.0. The Morgan fingerprint density at radius 3 is 0.775 bits per heavy atom. The van der Waals surface area contributed by atoms with Gasteiger partial charge < -0.3 is 0 Å². The molecule has 11 aromatic rings. The van der Waals surface area contributed by atoms with E-state index in [0.29, 0.717) is 37.9 Å². The molecule has 11 heterocycles. The van der Waals surface area contributed by atoms with Crippen LogP contribution in [0.1, 0.15) is 110 Å². The summed E-state index contributed by atoms with van der Waals surface area (Å²) in [5.41, 5.74) is -11.2. The van der Waals surface area contributed by atoms with Gasteiger partial charge >= 0.3 is 90.6 Å². The van der Waals surface area contributed by atoms with Crippen LogP contribution in [0.4, 0.5) is 171 Å². The molecule has 0 saturated heterocycles. The van der Waals surface area contributed by atoms with Gasteiger partial charge in [-0.2, -0.15) is 187 Å². The van der Waals surface area contributed by atoms with Crippen LogP contribution >= 0.6 is 0 Å². The van der Waals surface area contributed by atoms with Gasteiger partial charge in [0.1, 0.15) is 0 Å². The first-order valence-electron chi connectivity index (χ1n) is 31.8. The van der Waals surface area contributed by atoms with Gasteiger partial charge in [0.15, 0.2) is 17.5 Å². The third-order valence-corrected chi connectivity index (χ3v) is 13.0. The van der Waals surface area contributed by atoms with Crippen molar-refractivity contribution in [2.45, 2.75) is 149 Å². The molecular weight excluding hydrogens is 1910 g/mol. The molecule has 0 bridgehead atoms. The van der Waals surface area contributed by atoms with Crippen molar-refractivity contribution in [1.29, 1.82) is 0 Å². The summed E-state index contributed by atoms with van der Waals surface area (Å²) in [5, 5.41) is 101. The summed E-state index contributed by atoms with van der Waals surface area (Å²) < 4.78 is 472. The normalized spacial score (nSPS) is 13.3. The number of aromatic nitrogens is 44. The average Bonchev–Trinajstić information content (AvgIpc) is 1.74. The molecule has 728 valence electrons. The zero-order chi connectivity index (χ0) is 101. The molecule has 0 N–H and O–H groups in total. The largest absolute Gasteiger partial charge is 0.461 e. The number of hydrogen-bond donors (Lipinski definition) is 0. The van der Waals surface area contributed by atoms with Gasteiger partial charge in [0.2, 0.25) is 23.3 Å². The van der Waals surface area contributed by atoms with Gasteiger partial charge in [0, 0.05) is 39.5 Å². The Bertz CT molecular complexity index is 5050. The van der Waals surface area contributed by atoms with Crippen molar-refractivity contribution in [2.75, 3.05) is 0 Å². The Morgan fingerprint density at radius 2 is 0.566 bits per heavy atom. The number of aryl methyl sites for hydroxylation is 12. The van der Waals surface area contributed by atoms with Crippen LogP contribution in [-0.2, 0) is 124 Å². The van der Waals surface area contributed by atoms with Crippen molar-refractivity contribution in [2.24, 2.45) is 77.5 Å². The Labute approximate surface area is 683 Å². The van der Waals surface area contributed by atoms with Crippen molar-refractivity contribution in [1.82, 2.24) is 222 Å². The predicted molar refractivity (Wildman–Crippen MR) is 322 cm³/mol. The minimum atomic E-state index is -6.41. The standard InChI is InChI=1S/C6H12N4.3C5H3F7N4.C5H8N4.2C4H3F5N4.2C3H3F3N4.C3H4F2N4.C3H6N4/c1-6(2,3)5-7-9-10(4)8-5;1-16-14-2(13-15-16)3(6,7)4(8,9)5(10,11)12;1-16-2(13-14-15-16)3(6,4(7,8)9)5(10,11)12;1-16-14-2(13-15-16)3(6,4(7,8)9)5(10,11)12;1-9-7-5(6-8-9)4-2-3-4;1-13-2(10-11-12-13)3(5,6)4(7,8)9;1-13-11-2(10-12-13)3(5,6)4(7,8)9;1-10-2(3(4,5)6)7-8-9-10;1-10-8-2(7-9-10)3(4,5)6;1-9-3(2(4)5)6-7-8-9;1-3-4-6-7(2)5-3/h1-4H3;3*1H3;4H,2-3H2,1H3;2*1H3;2*1H3;2H,1H3;1-2H3. The van der Waals surface area contributed by atoms with E-state index in [0.717, 1.165) is 56.4 Å². The molecule has 0 atom stereocenters. The molecule has 12 rings (SSSR count). The van der Waals surface area contributed by atoms with Crippen molar-refractivity contribution in [3.8, 4) is 0 Å². The fraction of sp³-hybridized carbons (Fsp3) is 0.761. The second kappa shape index (κ2) is 41.4. The summed E-state index contributed by atoms with van der Waals surface area (Å²) in [5.74, 6) is -30.8. The maximum absolute atomic E-state index is 13.2. The van der Waals surface area contributed by atoms with Crippen LogP contribution < -0.4 is 0 Å². The maximum Gasteiger partial charge on any atom is 0.461 e. The van der Waals surface area contributed by atoms with Gasteiger partial charge in [-0.05, 0) is 98.0 Å². The number of nitrogens with zero attached hydrogens (tertiary/aromatic N) is 44. The van der Waals surface area contributed by atoms with Crippen molar-refractivity contribution >= 4 is 0 Å². The van der Waals surface area contributed by atoms with E-state index < -0.39 is 144 Å². The molecule has 1 fully saturated rings. The lowest BCUT2D eigenvalue weighted by atomic mass is 9.96. The van der Waals surface area contributed by atoms with E-state index in [2.05, 4.69) is 191 Å². The van der Waals surface area contributed by atoms with Crippen LogP contribution in [-0.4, -0.2) is 271 Å². The fourth-order valence-corrected chi connectivity index (χ4v) is 6.71. The summed E-state index contributed by atoms with van der Waals surface area (Å²) in [6.45, 7) is 7.98. The number of alkyl halides is 39. The Morgan fingerprint density at radius 1 is 0.264 bits per heavy atom. The highest BCUT2D eigenvalue weighted by atomic mass is 19.5. The SMILES string of the molecule is Cc1nnn(C)n1.Cn1nnc(C(C)(C)C)n1.Cn1nnc(C(F)(C(F)(F)F)C(F)(F)F)n1.Cn1nnc(C(F)(F)C(F)(F)C(F)(F)F)n1.Cn1nnc(C(F)(F)C(F)(F)F)n1.Cn1nnc(C(F)(F)F)n1.Cn1nnc(C2CC2)n1.Cn1nnnc1C(F)(C(F)(F)F)C(F)(F)F.Cn1nnnc1C(F)(F)C(F)(F)F.Cn1nnnc1C(F)(F)F.Cn1nnnc1C(F)F. The van der Waals surface area contributed by atoms with Crippen molar-refractivity contribution < 1.29 is 171 Å². The monoisotopic (exact) mass is 1960 g/mol. The third-order valence-electron chi connectivity index (χ3n) is 13.0. The molecule has 0 unspecified atom stereocenters. The Balaban J connectivity index is 0.000000484. The first-order valence-corrected chi connectivity index (χ1v) is 31.8. The second-order valence-electron chi connectivity index (χ2n) is 24.4. The predicted octanol–water partition coefficient (Wildman–Crippen LogP) is 6.95. The number of hydrogen-bond acceptors (Lipinski definition) is 33. The molecule has 11 aromatic heterocycles. The van der Waals surface area contributed by atoms with Crippen LogP contribution in [0.3, 0.4) is 0 Å². The molecule has 44 nitrogen and oxygen atoms in total. The van der Waals surface area contributed by atoms with E-state index in [9.17, 15) is 171 Å². The minimum Gasteiger partial charge on any atom is -0.229 e. The number of tetrazole rings is 11. The van der Waals surface area contributed by atoms with E-state index in [1.165, 1.54) is 41.3 Å². The molecule has 1 aliphatic carbocycles. The minimum absolute atomic E-state index is 0.00819. The van der Waals surface area contributed by atoms with Gasteiger partial charge in [-0.25, -0.2) is 36.3 Å². The first-order chi connectivity index (χ1) is 57.9. The smallest absolute Gasteiger partial charge is 0.229 e. The van der Waals surface area contributed by atoms with Crippen LogP contribution in [0, 0.1) is 6.92 Å². The summed E-state index contributed by atoms with van der Waals surface area (Å²) in [6, 6.07) is 0. The van der Waals surface area contributed by atoms with Crippen LogP contribution in [0.2, 0.25) is 0 Å². The fourth-order valence-electron chi connectivity index (χ4n) is 6.71. The van der Waals surface area contributed by atoms with Gasteiger partial charge in [-0.3, -0.25) is 0 Å². The zero-order valence-corrected chi connectivity index (χ0v) is 65.5. The molecule has 0 aliphatic heterocycles. The summed E-state index contributed by atoms with van der Waals surface area (Å²) >= 11 is 0. The molecule has 129 heavy (non-hydrogen) atoms. The lowest BCUT2D eigenvalue weighted by molar-refractivity contribution is -0.361. The van der Waals surface area contributed by atoms with Crippen molar-refractivity contribution in [3.63, 3.8) is 0 Å². The highest BCUT2D eigenvalue weighted by Gasteiger charge is 2.78. The van der Waals surface area contributed by atoms with Crippen molar-refractivity contribution in [3.05, 3.63) is 64.1 Å². The molecule has 0 radical (unpaired) electrons. The summed E-state index contributed by atoms with van der Waals surface area (Å²) in [6.07, 6.45) is -51.7. The highest BCUT2D eigenvalue weighted by molar-refractivity contribution is 5.10. The van der Waals surface area contributed by atoms with Gasteiger partial charge in [0.25, 0.3) is 29.7 Å². The number of halogens is 39. The molecule has 83 heteroatoms. The molecule has 1 aliphatic rings. The van der Waals surface area contributed by atoms with Crippen LogP contribution in [0.25, 0.3) is 0 Å². The summed E-state index contributed by atoms with van der Waals surface area (Å²) in [4.78, 5) is 6.32. The highest BCUT2D eigenvalue weighted by Crippen LogP contribution is 2.55. The lowest BCUT2D eigenvalue weighted by Crippen LogP contribution is -2.52. The van der Waals surface area contributed by atoms with Gasteiger partial charge in [-0.15, -0.1) is 91.8 Å². The molecule has 1 saturated carbocycles. The Kier molecular flexibility index (Phi) is 36.0. The van der Waals surface area contributed by atoms with Crippen LogP contribution in [0.15, 0.2) is 0 Å². The van der Waals surface area contributed by atoms with E-state index in [-0.39, 0.29) is 14.8 Å². The topological polar surface area (TPSA) is 480 Å². The maximum atomic E-state index is 13.2. The quantitative estimate of drug-likeness (QED) is 0.139. The molecular formula is C46H51F39N44. The average molecular weight is 1960 g/mol. The summed E-state index contributed by atoms with van der Waals surface area (Å²) in [7, 11) is 13.6. The number of rotatable bonds is 8.